The molecule has 0 atom stereocenters. The van der Waals surface area contributed by atoms with Gasteiger partial charge in [0.05, 0.1) is 28.7 Å². The van der Waals surface area contributed by atoms with Crippen LogP contribution in [0.25, 0.3) is 33.7 Å². The lowest BCUT2D eigenvalue weighted by Crippen LogP contribution is -2.37. The zero-order valence-corrected chi connectivity index (χ0v) is 19.7. The van der Waals surface area contributed by atoms with Crippen molar-refractivity contribution >= 4 is 21.1 Å². The fourth-order valence-corrected chi connectivity index (χ4v) is 5.48. The van der Waals surface area contributed by atoms with Crippen molar-refractivity contribution in [2.75, 3.05) is 19.3 Å². The van der Waals surface area contributed by atoms with Crippen molar-refractivity contribution < 1.29 is 8.42 Å². The Morgan fingerprint density at radius 2 is 1.65 bits per heavy atom. The molecule has 1 saturated heterocycles. The minimum atomic E-state index is -3.18. The average Bonchev–Trinajstić information content (AvgIpc) is 3.61. The number of rotatable bonds is 5. The molecule has 6 rings (SSSR count). The molecular formula is C24H25N7O2S. The maximum absolute atomic E-state index is 11.9. The first-order chi connectivity index (χ1) is 16.5. The monoisotopic (exact) mass is 475 g/mol. The van der Waals surface area contributed by atoms with Gasteiger partial charge in [0.15, 0.2) is 0 Å². The van der Waals surface area contributed by atoms with Crippen molar-refractivity contribution in [1.29, 1.82) is 0 Å². The van der Waals surface area contributed by atoms with Gasteiger partial charge in [0, 0.05) is 49.1 Å². The van der Waals surface area contributed by atoms with Gasteiger partial charge in [-0.05, 0) is 43.9 Å². The van der Waals surface area contributed by atoms with Crippen LogP contribution in [0.15, 0.2) is 42.9 Å². The largest absolute Gasteiger partial charge is 0.341 e. The first-order valence-electron chi connectivity index (χ1n) is 11.6. The molecule has 174 valence electrons. The summed E-state index contributed by atoms with van der Waals surface area (Å²) >= 11 is 0. The average molecular weight is 476 g/mol. The number of aromatic nitrogens is 6. The van der Waals surface area contributed by atoms with Gasteiger partial charge in [-0.1, -0.05) is 6.07 Å². The Bertz CT molecular complexity index is 1470. The van der Waals surface area contributed by atoms with E-state index >= 15 is 0 Å². The molecule has 2 aliphatic rings. The van der Waals surface area contributed by atoms with Crippen LogP contribution in [0.2, 0.25) is 0 Å². The second-order valence-corrected chi connectivity index (χ2v) is 11.1. The smallest absolute Gasteiger partial charge is 0.211 e. The Balaban J connectivity index is 1.41. The van der Waals surface area contributed by atoms with E-state index < -0.39 is 10.0 Å². The summed E-state index contributed by atoms with van der Waals surface area (Å²) in [5.41, 5.74) is 5.06. The Kier molecular flexibility index (Phi) is 5.14. The van der Waals surface area contributed by atoms with Crippen LogP contribution in [0, 0.1) is 0 Å². The van der Waals surface area contributed by atoms with Crippen LogP contribution in [-0.4, -0.2) is 62.0 Å². The SMILES string of the molecule is CS(=O)(=O)N1CCC(c2nc(-c3ccnc(C4CC4)n3)c(-c3ccc4nccnc4c3)[nH]2)CC1. The first-order valence-corrected chi connectivity index (χ1v) is 13.4. The predicted molar refractivity (Wildman–Crippen MR) is 129 cm³/mol. The molecule has 0 amide bonds. The van der Waals surface area contributed by atoms with E-state index in [1.165, 1.54) is 6.26 Å². The molecule has 34 heavy (non-hydrogen) atoms. The molecule has 3 aromatic heterocycles. The number of fused-ring (bicyclic) bond motifs is 1. The number of piperidine rings is 1. The highest BCUT2D eigenvalue weighted by Crippen LogP contribution is 2.39. The van der Waals surface area contributed by atoms with Gasteiger partial charge in [0.1, 0.15) is 17.3 Å². The highest BCUT2D eigenvalue weighted by molar-refractivity contribution is 7.88. The van der Waals surface area contributed by atoms with Crippen molar-refractivity contribution in [1.82, 2.24) is 34.2 Å². The minimum Gasteiger partial charge on any atom is -0.341 e. The zero-order chi connectivity index (χ0) is 23.3. The van der Waals surface area contributed by atoms with Crippen LogP contribution in [0.4, 0.5) is 0 Å². The van der Waals surface area contributed by atoms with Gasteiger partial charge in [0.25, 0.3) is 0 Å². The molecule has 1 N–H and O–H groups in total. The van der Waals surface area contributed by atoms with Crippen LogP contribution >= 0.6 is 0 Å². The Morgan fingerprint density at radius 3 is 2.38 bits per heavy atom. The van der Waals surface area contributed by atoms with Crippen LogP contribution in [0.1, 0.15) is 49.2 Å². The fraction of sp³-hybridized carbons (Fsp3) is 0.375. The standard InChI is InChI=1S/C24H25N7O2S/c1-34(32,33)31-12-7-16(8-13-31)24-29-21(17-4-5-18-20(14-17)26-11-10-25-18)22(30-24)19-6-9-27-23(28-19)15-2-3-15/h4-6,9-11,14-16H,2-3,7-8,12-13H2,1H3,(H,29,30). The van der Waals surface area contributed by atoms with Gasteiger partial charge in [0.2, 0.25) is 10.0 Å². The lowest BCUT2D eigenvalue weighted by atomic mass is 9.97. The Morgan fingerprint density at radius 1 is 0.882 bits per heavy atom. The van der Waals surface area contributed by atoms with E-state index in [9.17, 15) is 8.42 Å². The lowest BCUT2D eigenvalue weighted by molar-refractivity contribution is 0.316. The summed E-state index contributed by atoms with van der Waals surface area (Å²) in [4.78, 5) is 26.7. The van der Waals surface area contributed by atoms with Gasteiger partial charge >= 0.3 is 0 Å². The molecule has 2 fully saturated rings. The van der Waals surface area contributed by atoms with Crippen LogP contribution in [0.5, 0.6) is 0 Å². The molecule has 4 aromatic rings. The topological polar surface area (TPSA) is 118 Å². The van der Waals surface area contributed by atoms with Crippen molar-refractivity contribution in [2.45, 2.75) is 37.5 Å². The molecule has 1 saturated carbocycles. The number of benzene rings is 1. The van der Waals surface area contributed by atoms with E-state index in [4.69, 9.17) is 9.97 Å². The van der Waals surface area contributed by atoms with Crippen molar-refractivity contribution in [2.24, 2.45) is 0 Å². The van der Waals surface area contributed by atoms with E-state index in [0.29, 0.717) is 19.0 Å². The summed E-state index contributed by atoms with van der Waals surface area (Å²) in [6.45, 7) is 1.000. The molecule has 1 aliphatic heterocycles. The summed E-state index contributed by atoms with van der Waals surface area (Å²) in [6, 6.07) is 7.90. The highest BCUT2D eigenvalue weighted by atomic mass is 32.2. The summed E-state index contributed by atoms with van der Waals surface area (Å²) < 4.78 is 25.4. The molecular weight excluding hydrogens is 450 g/mol. The third-order valence-electron chi connectivity index (χ3n) is 6.65. The Labute approximate surface area is 197 Å². The van der Waals surface area contributed by atoms with Crippen molar-refractivity contribution in [3.63, 3.8) is 0 Å². The van der Waals surface area contributed by atoms with Gasteiger partial charge in [-0.2, -0.15) is 0 Å². The molecule has 0 unspecified atom stereocenters. The number of aromatic amines is 1. The van der Waals surface area contributed by atoms with Gasteiger partial charge < -0.3 is 4.98 Å². The lowest BCUT2D eigenvalue weighted by Gasteiger charge is -2.29. The number of nitrogens with one attached hydrogen (secondary N) is 1. The van der Waals surface area contributed by atoms with Crippen LogP contribution in [-0.2, 0) is 10.0 Å². The highest BCUT2D eigenvalue weighted by Gasteiger charge is 2.30. The van der Waals surface area contributed by atoms with E-state index in [2.05, 4.69) is 19.9 Å². The molecule has 10 heteroatoms. The fourth-order valence-electron chi connectivity index (χ4n) is 4.60. The zero-order valence-electron chi connectivity index (χ0n) is 18.8. The van der Waals surface area contributed by atoms with Crippen LogP contribution in [0.3, 0.4) is 0 Å². The number of hydrogen-bond acceptors (Lipinski definition) is 7. The summed E-state index contributed by atoms with van der Waals surface area (Å²) in [5, 5.41) is 0. The van der Waals surface area contributed by atoms with Gasteiger partial charge in [-0.15, -0.1) is 0 Å². The maximum Gasteiger partial charge on any atom is 0.211 e. The second-order valence-electron chi connectivity index (χ2n) is 9.12. The number of nitrogens with zero attached hydrogens (tertiary/aromatic N) is 6. The molecule has 0 spiro atoms. The summed E-state index contributed by atoms with van der Waals surface area (Å²) in [7, 11) is -3.18. The van der Waals surface area contributed by atoms with Crippen molar-refractivity contribution in [3.05, 3.63) is 54.5 Å². The third kappa shape index (κ3) is 4.07. The maximum atomic E-state index is 11.9. The van der Waals surface area contributed by atoms with E-state index in [0.717, 1.165) is 71.0 Å². The molecule has 0 radical (unpaired) electrons. The molecule has 4 heterocycles. The summed E-state index contributed by atoms with van der Waals surface area (Å²) in [5.74, 6) is 2.33. The molecule has 0 bridgehead atoms. The predicted octanol–water partition coefficient (Wildman–Crippen LogP) is 3.49. The second kappa shape index (κ2) is 8.21. The van der Waals surface area contributed by atoms with Gasteiger partial charge in [-0.25, -0.2) is 27.7 Å². The van der Waals surface area contributed by atoms with Crippen molar-refractivity contribution in [3.8, 4) is 22.6 Å². The first kappa shape index (κ1) is 21.3. The number of imidazole rings is 1. The number of H-pyrrole nitrogens is 1. The molecule has 1 aromatic carbocycles. The van der Waals surface area contributed by atoms with E-state index in [1.807, 2.05) is 30.5 Å². The Hall–Kier alpha value is -3.24. The van der Waals surface area contributed by atoms with Crippen LogP contribution < -0.4 is 0 Å². The van der Waals surface area contributed by atoms with Gasteiger partial charge in [-0.3, -0.25) is 9.97 Å². The van der Waals surface area contributed by atoms with E-state index in [-0.39, 0.29) is 5.92 Å². The quantitative estimate of drug-likeness (QED) is 0.469. The third-order valence-corrected chi connectivity index (χ3v) is 7.95. The van der Waals surface area contributed by atoms with E-state index in [1.54, 1.807) is 16.7 Å². The normalized spacial score (nSPS) is 17.9. The minimum absolute atomic E-state index is 0.149. The summed E-state index contributed by atoms with van der Waals surface area (Å²) in [6.07, 6.45) is 10.2. The molecule has 1 aliphatic carbocycles. The molecule has 9 nitrogen and oxygen atoms in total. The number of sulfonamides is 1. The number of hydrogen-bond donors (Lipinski definition) is 1.